The van der Waals surface area contributed by atoms with Crippen LogP contribution in [0.4, 0.5) is 0 Å². The summed E-state index contributed by atoms with van der Waals surface area (Å²) in [6.07, 6.45) is 1.87. The number of pyridine rings is 1. The van der Waals surface area contributed by atoms with Crippen molar-refractivity contribution in [1.82, 2.24) is 4.40 Å². The van der Waals surface area contributed by atoms with E-state index in [1.54, 1.807) is 18.2 Å². The number of Topliss-reactive ketones (excluding diaryl/α,β-unsaturated/α-hetero) is 1. The zero-order valence-corrected chi connectivity index (χ0v) is 11.2. The number of carbonyl (C=O) groups is 2. The number of hydrogen-bond acceptors (Lipinski definition) is 3. The fourth-order valence-electron chi connectivity index (χ4n) is 2.47. The van der Waals surface area contributed by atoms with Crippen molar-refractivity contribution < 1.29 is 14.3 Å². The minimum absolute atomic E-state index is 0.00241. The summed E-state index contributed by atoms with van der Waals surface area (Å²) < 4.78 is 6.77. The van der Waals surface area contributed by atoms with E-state index in [9.17, 15) is 9.59 Å². The van der Waals surface area contributed by atoms with E-state index < -0.39 is 0 Å². The number of carbonyl (C=O) groups excluding carboxylic acids is 2. The first kappa shape index (κ1) is 12.4. The minimum atomic E-state index is -0.376. The molecule has 100 valence electrons. The monoisotopic (exact) mass is 267 g/mol. The molecule has 3 aromatic rings. The molecule has 0 fully saturated rings. The molecule has 0 unspecified atom stereocenters. The predicted octanol–water partition coefficient (Wildman–Crippen LogP) is 3.08. The van der Waals surface area contributed by atoms with Crippen LogP contribution in [-0.4, -0.2) is 23.3 Å². The molecule has 4 heteroatoms. The molecule has 2 aromatic heterocycles. The van der Waals surface area contributed by atoms with E-state index in [1.165, 1.54) is 14.0 Å². The number of nitrogens with zero attached hydrogens (tertiary/aromatic N) is 1. The number of benzene rings is 1. The van der Waals surface area contributed by atoms with Crippen molar-refractivity contribution in [2.45, 2.75) is 6.92 Å². The lowest BCUT2D eigenvalue weighted by atomic mass is 10.1. The van der Waals surface area contributed by atoms with E-state index in [0.29, 0.717) is 11.1 Å². The maximum Gasteiger partial charge on any atom is 0.340 e. The molecule has 0 aliphatic carbocycles. The highest BCUT2D eigenvalue weighted by molar-refractivity contribution is 6.12. The van der Waals surface area contributed by atoms with Crippen molar-refractivity contribution in [3.8, 4) is 0 Å². The highest BCUT2D eigenvalue weighted by Gasteiger charge is 2.18. The highest BCUT2D eigenvalue weighted by atomic mass is 16.5. The molecule has 0 saturated carbocycles. The molecule has 0 N–H and O–H groups in total. The number of hydrogen-bond donors (Lipinski definition) is 0. The van der Waals surface area contributed by atoms with Crippen LogP contribution in [0, 0.1) is 0 Å². The zero-order chi connectivity index (χ0) is 14.3. The molecule has 0 amide bonds. The Bertz CT molecular complexity index is 845. The largest absolute Gasteiger partial charge is 0.465 e. The van der Waals surface area contributed by atoms with Gasteiger partial charge in [-0.05, 0) is 25.1 Å². The number of ketones is 1. The number of aromatic nitrogens is 1. The van der Waals surface area contributed by atoms with Gasteiger partial charge in [-0.3, -0.25) is 4.79 Å². The summed E-state index contributed by atoms with van der Waals surface area (Å²) in [6, 6.07) is 10.9. The number of fused-ring (bicyclic) bond motifs is 3. The lowest BCUT2D eigenvalue weighted by molar-refractivity contribution is 0.0605. The minimum Gasteiger partial charge on any atom is -0.465 e. The third-order valence-electron chi connectivity index (χ3n) is 3.44. The van der Waals surface area contributed by atoms with Crippen LogP contribution in [0.3, 0.4) is 0 Å². The summed E-state index contributed by atoms with van der Waals surface area (Å²) in [5, 5.41) is 0.785. The maximum atomic E-state index is 12.0. The van der Waals surface area contributed by atoms with Gasteiger partial charge in [-0.25, -0.2) is 4.79 Å². The van der Waals surface area contributed by atoms with E-state index in [1.807, 2.05) is 28.8 Å². The molecule has 0 aliphatic heterocycles. The molecule has 0 aliphatic rings. The standard InChI is InChI=1S/C16H13NO3/c1-10(18)11-6-7-12-14(9-11)17-8-4-3-5-13(17)15(12)16(19)20-2/h3-9H,1-2H3. The van der Waals surface area contributed by atoms with Gasteiger partial charge in [0.15, 0.2) is 5.78 Å². The average molecular weight is 267 g/mol. The van der Waals surface area contributed by atoms with Crippen LogP contribution in [0.2, 0.25) is 0 Å². The lowest BCUT2D eigenvalue weighted by Gasteiger charge is -1.98. The van der Waals surface area contributed by atoms with Crippen molar-refractivity contribution in [3.05, 3.63) is 53.7 Å². The Morgan fingerprint density at radius 1 is 1.10 bits per heavy atom. The Kier molecular flexibility index (Phi) is 2.79. The van der Waals surface area contributed by atoms with Gasteiger partial charge >= 0.3 is 5.97 Å². The summed E-state index contributed by atoms with van der Waals surface area (Å²) in [5.41, 5.74) is 2.75. The smallest absolute Gasteiger partial charge is 0.340 e. The molecule has 20 heavy (non-hydrogen) atoms. The van der Waals surface area contributed by atoms with Crippen LogP contribution >= 0.6 is 0 Å². The van der Waals surface area contributed by atoms with E-state index in [2.05, 4.69) is 0 Å². The van der Waals surface area contributed by atoms with Gasteiger partial charge in [0.2, 0.25) is 0 Å². The topological polar surface area (TPSA) is 47.8 Å². The van der Waals surface area contributed by atoms with Gasteiger partial charge in [0.05, 0.1) is 23.7 Å². The van der Waals surface area contributed by atoms with Crippen LogP contribution in [0.15, 0.2) is 42.6 Å². The van der Waals surface area contributed by atoms with Gasteiger partial charge in [-0.2, -0.15) is 0 Å². The molecule has 3 rings (SSSR count). The van der Waals surface area contributed by atoms with Crippen LogP contribution in [0.5, 0.6) is 0 Å². The Morgan fingerprint density at radius 2 is 1.90 bits per heavy atom. The zero-order valence-electron chi connectivity index (χ0n) is 11.2. The van der Waals surface area contributed by atoms with E-state index >= 15 is 0 Å². The quantitative estimate of drug-likeness (QED) is 0.529. The normalized spacial score (nSPS) is 10.9. The predicted molar refractivity (Wildman–Crippen MR) is 76.2 cm³/mol. The number of esters is 1. The average Bonchev–Trinajstić information content (AvgIpc) is 2.80. The fourth-order valence-corrected chi connectivity index (χ4v) is 2.47. The van der Waals surface area contributed by atoms with E-state index in [4.69, 9.17) is 4.74 Å². The molecule has 0 bridgehead atoms. The molecule has 0 saturated heterocycles. The first-order valence-corrected chi connectivity index (χ1v) is 6.25. The Labute approximate surface area is 115 Å². The number of methoxy groups -OCH3 is 1. The summed E-state index contributed by atoms with van der Waals surface area (Å²) in [5.74, 6) is -0.378. The SMILES string of the molecule is COC(=O)c1c2ccc(C(C)=O)cc2n2ccccc12. The highest BCUT2D eigenvalue weighted by Crippen LogP contribution is 2.28. The molecular formula is C16H13NO3. The third-order valence-corrected chi connectivity index (χ3v) is 3.44. The second-order valence-electron chi connectivity index (χ2n) is 4.61. The summed E-state index contributed by atoms with van der Waals surface area (Å²) in [4.78, 5) is 23.5. The first-order valence-electron chi connectivity index (χ1n) is 6.25. The molecule has 4 nitrogen and oxygen atoms in total. The van der Waals surface area contributed by atoms with Crippen molar-refractivity contribution in [1.29, 1.82) is 0 Å². The Balaban J connectivity index is 2.47. The van der Waals surface area contributed by atoms with E-state index in [-0.39, 0.29) is 11.8 Å². The molecule has 0 spiro atoms. The third kappa shape index (κ3) is 1.69. The van der Waals surface area contributed by atoms with Gasteiger partial charge in [-0.1, -0.05) is 18.2 Å². The Morgan fingerprint density at radius 3 is 2.60 bits per heavy atom. The molecular weight excluding hydrogens is 254 g/mol. The number of ether oxygens (including phenoxy) is 1. The van der Waals surface area contributed by atoms with Gasteiger partial charge in [0, 0.05) is 17.1 Å². The van der Waals surface area contributed by atoms with Crippen molar-refractivity contribution in [2.75, 3.05) is 7.11 Å². The molecule has 0 atom stereocenters. The van der Waals surface area contributed by atoms with Crippen LogP contribution in [0.25, 0.3) is 16.4 Å². The van der Waals surface area contributed by atoms with Gasteiger partial charge in [0.25, 0.3) is 0 Å². The van der Waals surface area contributed by atoms with Crippen LogP contribution in [0.1, 0.15) is 27.6 Å². The molecule has 1 aromatic carbocycles. The second-order valence-corrected chi connectivity index (χ2v) is 4.61. The molecule has 0 radical (unpaired) electrons. The summed E-state index contributed by atoms with van der Waals surface area (Å²) in [7, 11) is 1.37. The van der Waals surface area contributed by atoms with Gasteiger partial charge < -0.3 is 9.14 Å². The van der Waals surface area contributed by atoms with Gasteiger partial charge in [-0.15, -0.1) is 0 Å². The first-order chi connectivity index (χ1) is 9.63. The maximum absolute atomic E-state index is 12.0. The van der Waals surface area contributed by atoms with Crippen molar-refractivity contribution in [2.24, 2.45) is 0 Å². The van der Waals surface area contributed by atoms with E-state index in [0.717, 1.165) is 16.4 Å². The number of rotatable bonds is 2. The van der Waals surface area contributed by atoms with Crippen molar-refractivity contribution >= 4 is 28.2 Å². The Hall–Kier alpha value is -2.62. The summed E-state index contributed by atoms with van der Waals surface area (Å²) >= 11 is 0. The van der Waals surface area contributed by atoms with Crippen LogP contribution < -0.4 is 0 Å². The fraction of sp³-hybridized carbons (Fsp3) is 0.125. The molecule has 2 heterocycles. The van der Waals surface area contributed by atoms with Crippen molar-refractivity contribution in [3.63, 3.8) is 0 Å². The van der Waals surface area contributed by atoms with Crippen LogP contribution in [-0.2, 0) is 4.74 Å². The summed E-state index contributed by atoms with van der Waals surface area (Å²) in [6.45, 7) is 1.53. The van der Waals surface area contributed by atoms with Gasteiger partial charge in [0.1, 0.15) is 0 Å². The lowest BCUT2D eigenvalue weighted by Crippen LogP contribution is -2.00. The second kappa shape index (κ2) is 4.49.